The van der Waals surface area contributed by atoms with Gasteiger partial charge in [0.15, 0.2) is 11.6 Å². The fourth-order valence-corrected chi connectivity index (χ4v) is 6.77. The summed E-state index contributed by atoms with van der Waals surface area (Å²) in [6, 6.07) is 11.0. The van der Waals surface area contributed by atoms with E-state index in [1.54, 1.807) is 25.3 Å². The molecule has 2 aromatic carbocycles. The predicted molar refractivity (Wildman–Crippen MR) is 159 cm³/mol. The molecule has 6 nitrogen and oxygen atoms in total. The number of benzene rings is 2. The maximum atomic E-state index is 15.1. The standard InChI is InChI=1S/C34H45FN2O4/c1-40-30-11-12-31(28-8-7-27-22-29(39)10-9-26(27)21-28)33(23-30)37(16-18-38)24-25-6-13-34(32(35)20-25)41-19-17-36-14-4-2-3-5-15-36/h6,9-13,20,22-23,28,31,33,38-39H,2-5,7-8,14-19,21,24H2,1H3/t28-,31?,33?/m1/s1. The summed E-state index contributed by atoms with van der Waals surface area (Å²) in [5.41, 5.74) is 3.36. The number of methoxy groups -OCH3 is 1. The van der Waals surface area contributed by atoms with Crippen LogP contribution >= 0.6 is 0 Å². The van der Waals surface area contributed by atoms with E-state index in [-0.39, 0.29) is 24.4 Å². The minimum Gasteiger partial charge on any atom is -0.508 e. The minimum atomic E-state index is -0.345. The van der Waals surface area contributed by atoms with Crippen molar-refractivity contribution in [2.45, 2.75) is 57.5 Å². The molecule has 2 unspecified atom stereocenters. The molecule has 7 heteroatoms. The number of ether oxygens (including phenoxy) is 2. The third kappa shape index (κ3) is 7.70. The van der Waals surface area contributed by atoms with Crippen LogP contribution in [-0.4, -0.2) is 72.6 Å². The lowest BCUT2D eigenvalue weighted by Crippen LogP contribution is -2.44. The second kappa shape index (κ2) is 14.3. The van der Waals surface area contributed by atoms with Crippen molar-refractivity contribution in [3.63, 3.8) is 0 Å². The van der Waals surface area contributed by atoms with Crippen LogP contribution in [0.1, 0.15) is 48.8 Å². The highest BCUT2D eigenvalue weighted by molar-refractivity contribution is 5.37. The molecular weight excluding hydrogens is 519 g/mol. The maximum Gasteiger partial charge on any atom is 0.165 e. The summed E-state index contributed by atoms with van der Waals surface area (Å²) in [5.74, 6) is 1.69. The Morgan fingerprint density at radius 2 is 1.88 bits per heavy atom. The summed E-state index contributed by atoms with van der Waals surface area (Å²) in [7, 11) is 1.67. The van der Waals surface area contributed by atoms with Crippen LogP contribution in [0.2, 0.25) is 0 Å². The number of rotatable bonds is 11. The Hall–Kier alpha value is -2.87. The van der Waals surface area contributed by atoms with Gasteiger partial charge in [0.25, 0.3) is 0 Å². The molecule has 0 aromatic heterocycles. The van der Waals surface area contributed by atoms with Crippen molar-refractivity contribution in [3.05, 3.63) is 82.9 Å². The van der Waals surface area contributed by atoms with Crippen LogP contribution in [0.25, 0.3) is 0 Å². The molecule has 3 atom stereocenters. The number of hydrogen-bond donors (Lipinski definition) is 2. The minimum absolute atomic E-state index is 0.00150. The van der Waals surface area contributed by atoms with Crippen LogP contribution in [0.3, 0.4) is 0 Å². The molecule has 0 bridgehead atoms. The summed E-state index contributed by atoms with van der Waals surface area (Å²) in [4.78, 5) is 4.64. The first-order valence-corrected chi connectivity index (χ1v) is 15.3. The topological polar surface area (TPSA) is 65.4 Å². The number of halogens is 1. The van der Waals surface area contributed by atoms with Gasteiger partial charge in [0.2, 0.25) is 0 Å². The third-order valence-corrected chi connectivity index (χ3v) is 9.00. The molecule has 2 aromatic rings. The van der Waals surface area contributed by atoms with E-state index in [2.05, 4.69) is 22.0 Å². The third-order valence-electron chi connectivity index (χ3n) is 9.00. The Morgan fingerprint density at radius 3 is 2.63 bits per heavy atom. The number of nitrogens with zero attached hydrogens (tertiary/aromatic N) is 2. The normalized spacial score (nSPS) is 23.1. The van der Waals surface area contributed by atoms with Gasteiger partial charge >= 0.3 is 0 Å². The van der Waals surface area contributed by atoms with E-state index in [9.17, 15) is 10.2 Å². The number of likely N-dealkylation sites (tertiary alicyclic amines) is 1. The highest BCUT2D eigenvalue weighted by atomic mass is 19.1. The maximum absolute atomic E-state index is 15.1. The second-order valence-electron chi connectivity index (χ2n) is 11.7. The molecule has 0 radical (unpaired) electrons. The van der Waals surface area contributed by atoms with Crippen molar-refractivity contribution >= 4 is 0 Å². The quantitative estimate of drug-likeness (QED) is 0.377. The van der Waals surface area contributed by atoms with Crippen LogP contribution in [0.5, 0.6) is 11.5 Å². The lowest BCUT2D eigenvalue weighted by atomic mass is 9.72. The van der Waals surface area contributed by atoms with Crippen LogP contribution < -0.4 is 4.74 Å². The van der Waals surface area contributed by atoms with E-state index in [1.165, 1.54) is 36.8 Å². The molecule has 0 saturated carbocycles. The predicted octanol–water partition coefficient (Wildman–Crippen LogP) is 5.47. The average Bonchev–Trinajstić information content (AvgIpc) is 3.26. The van der Waals surface area contributed by atoms with Crippen molar-refractivity contribution in [3.8, 4) is 11.5 Å². The summed E-state index contributed by atoms with van der Waals surface area (Å²) in [6.45, 7) is 4.48. The number of phenols is 1. The van der Waals surface area contributed by atoms with E-state index < -0.39 is 0 Å². The molecule has 1 saturated heterocycles. The number of aliphatic hydroxyl groups excluding tert-OH is 1. The summed E-state index contributed by atoms with van der Waals surface area (Å²) >= 11 is 0. The van der Waals surface area contributed by atoms with Gasteiger partial charge in [0, 0.05) is 25.7 Å². The van der Waals surface area contributed by atoms with Gasteiger partial charge in [-0.1, -0.05) is 31.1 Å². The lowest BCUT2D eigenvalue weighted by Gasteiger charge is -2.41. The van der Waals surface area contributed by atoms with Gasteiger partial charge in [-0.25, -0.2) is 4.39 Å². The number of allylic oxidation sites excluding steroid dienone is 1. The van der Waals surface area contributed by atoms with E-state index in [0.717, 1.165) is 50.2 Å². The number of phenolic OH excluding ortho intramolecular Hbond substituents is 1. The smallest absolute Gasteiger partial charge is 0.165 e. The molecule has 0 amide bonds. The van der Waals surface area contributed by atoms with Gasteiger partial charge < -0.3 is 19.7 Å². The van der Waals surface area contributed by atoms with Gasteiger partial charge in [0.05, 0.1) is 13.7 Å². The van der Waals surface area contributed by atoms with Crippen molar-refractivity contribution in [2.24, 2.45) is 11.8 Å². The molecule has 3 aliphatic rings. The van der Waals surface area contributed by atoms with Crippen molar-refractivity contribution in [1.82, 2.24) is 9.80 Å². The van der Waals surface area contributed by atoms with Gasteiger partial charge in [-0.05, 0) is 110 Å². The summed E-state index contributed by atoms with van der Waals surface area (Å²) in [5, 5.41) is 19.9. The van der Waals surface area contributed by atoms with Gasteiger partial charge in [0.1, 0.15) is 18.1 Å². The molecule has 41 heavy (non-hydrogen) atoms. The van der Waals surface area contributed by atoms with E-state index in [4.69, 9.17) is 9.47 Å². The molecule has 5 rings (SSSR count). The van der Waals surface area contributed by atoms with Crippen molar-refractivity contribution < 1.29 is 24.1 Å². The largest absolute Gasteiger partial charge is 0.508 e. The number of aliphatic hydroxyl groups is 1. The molecular formula is C34H45FN2O4. The Kier molecular flexibility index (Phi) is 10.4. The molecule has 2 N–H and O–H groups in total. The fraction of sp³-hybridized carbons (Fsp3) is 0.529. The monoisotopic (exact) mass is 564 g/mol. The lowest BCUT2D eigenvalue weighted by molar-refractivity contribution is 0.115. The summed E-state index contributed by atoms with van der Waals surface area (Å²) < 4.78 is 26.6. The number of aromatic hydroxyl groups is 1. The SMILES string of the molecule is COC1=CC(N(CCO)Cc2ccc(OCCN3CCCCCC3)c(F)c2)C([C@@H]2CCc3cc(O)ccc3C2)C=C1. The molecule has 2 aliphatic carbocycles. The zero-order valence-corrected chi connectivity index (χ0v) is 24.3. The number of aryl methyl sites for hydroxylation is 1. The van der Waals surface area contributed by atoms with Crippen LogP contribution in [0.4, 0.5) is 4.39 Å². The Labute approximate surface area is 244 Å². The van der Waals surface area contributed by atoms with Crippen molar-refractivity contribution in [2.75, 3.05) is 46.5 Å². The average molecular weight is 565 g/mol. The second-order valence-corrected chi connectivity index (χ2v) is 11.7. The first-order chi connectivity index (χ1) is 20.0. The van der Waals surface area contributed by atoms with E-state index in [1.807, 2.05) is 24.3 Å². The molecule has 1 fully saturated rings. The zero-order chi connectivity index (χ0) is 28.6. The molecule has 1 aliphatic heterocycles. The van der Waals surface area contributed by atoms with Crippen LogP contribution in [-0.2, 0) is 24.1 Å². The van der Waals surface area contributed by atoms with Crippen LogP contribution in [0, 0.1) is 17.7 Å². The highest BCUT2D eigenvalue weighted by Gasteiger charge is 2.35. The van der Waals surface area contributed by atoms with Gasteiger partial charge in [-0.3, -0.25) is 9.80 Å². The number of hydrogen-bond acceptors (Lipinski definition) is 6. The van der Waals surface area contributed by atoms with Gasteiger partial charge in [-0.15, -0.1) is 0 Å². The Bertz CT molecular complexity index is 1210. The van der Waals surface area contributed by atoms with E-state index in [0.29, 0.717) is 37.1 Å². The Balaban J connectivity index is 1.27. The fourth-order valence-electron chi connectivity index (χ4n) is 6.77. The van der Waals surface area contributed by atoms with Crippen molar-refractivity contribution in [1.29, 1.82) is 0 Å². The molecule has 0 spiro atoms. The zero-order valence-electron chi connectivity index (χ0n) is 24.3. The first-order valence-electron chi connectivity index (χ1n) is 15.3. The first kappa shape index (κ1) is 29.6. The summed E-state index contributed by atoms with van der Waals surface area (Å²) in [6.07, 6.45) is 14.3. The molecule has 222 valence electrons. The highest BCUT2D eigenvalue weighted by Crippen LogP contribution is 2.38. The van der Waals surface area contributed by atoms with E-state index >= 15 is 4.39 Å². The van der Waals surface area contributed by atoms with Crippen LogP contribution in [0.15, 0.2) is 60.4 Å². The number of fused-ring (bicyclic) bond motifs is 1. The van der Waals surface area contributed by atoms with Gasteiger partial charge in [-0.2, -0.15) is 0 Å². The Morgan fingerprint density at radius 1 is 1.05 bits per heavy atom. The molecule has 1 heterocycles.